The second-order valence-electron chi connectivity index (χ2n) is 6.91. The zero-order valence-electron chi connectivity index (χ0n) is 14.4. The predicted molar refractivity (Wildman–Crippen MR) is 103 cm³/mol. The Labute approximate surface area is 152 Å². The van der Waals surface area contributed by atoms with Gasteiger partial charge in [0.15, 0.2) is 0 Å². The lowest BCUT2D eigenvalue weighted by Crippen LogP contribution is -2.40. The maximum absolute atomic E-state index is 12.8. The molecule has 3 nitrogen and oxygen atoms in total. The first kappa shape index (κ1) is 16.3. The minimum atomic E-state index is 0.118. The van der Waals surface area contributed by atoms with E-state index in [1.54, 1.807) is 6.20 Å². The number of aryl methyl sites for hydroxylation is 1. The largest absolute Gasteiger partial charge is 0.338 e. The highest BCUT2D eigenvalue weighted by molar-refractivity contribution is 7.17. The number of amides is 1. The van der Waals surface area contributed by atoms with E-state index in [-0.39, 0.29) is 5.91 Å². The van der Waals surface area contributed by atoms with Gasteiger partial charge in [-0.2, -0.15) is 0 Å². The standard InChI is InChI=1S/C21H22N2OS/c1-15-8-9-17(12-22-15)21(24)23-10-4-5-16(13-23)11-18-14-25-20-7-3-2-6-19(18)20/h2-3,6-9,12,14,16H,4-5,10-11,13H2,1H3/t16-/m1/s1. The average molecular weight is 350 g/mol. The summed E-state index contributed by atoms with van der Waals surface area (Å²) in [5.74, 6) is 0.654. The van der Waals surface area contributed by atoms with Crippen LogP contribution in [0.4, 0.5) is 0 Å². The van der Waals surface area contributed by atoms with Gasteiger partial charge in [-0.3, -0.25) is 9.78 Å². The van der Waals surface area contributed by atoms with Crippen molar-refractivity contribution in [3.63, 3.8) is 0 Å². The monoisotopic (exact) mass is 350 g/mol. The fourth-order valence-corrected chi connectivity index (χ4v) is 4.67. The van der Waals surface area contributed by atoms with Crippen LogP contribution in [-0.2, 0) is 6.42 Å². The molecule has 0 N–H and O–H groups in total. The number of carbonyl (C=O) groups excluding carboxylic acids is 1. The van der Waals surface area contributed by atoms with E-state index in [0.29, 0.717) is 11.5 Å². The minimum absolute atomic E-state index is 0.118. The minimum Gasteiger partial charge on any atom is -0.338 e. The first-order chi connectivity index (χ1) is 12.2. The smallest absolute Gasteiger partial charge is 0.255 e. The van der Waals surface area contributed by atoms with Gasteiger partial charge < -0.3 is 4.90 Å². The van der Waals surface area contributed by atoms with Gasteiger partial charge in [0.2, 0.25) is 0 Å². The van der Waals surface area contributed by atoms with Crippen molar-refractivity contribution in [3.05, 3.63) is 64.8 Å². The number of fused-ring (bicyclic) bond motifs is 1. The summed E-state index contributed by atoms with van der Waals surface area (Å²) in [6.07, 6.45) is 5.03. The number of hydrogen-bond donors (Lipinski definition) is 0. The van der Waals surface area contributed by atoms with Crippen LogP contribution in [0.5, 0.6) is 0 Å². The van der Waals surface area contributed by atoms with Crippen LogP contribution in [-0.4, -0.2) is 28.9 Å². The lowest BCUT2D eigenvalue weighted by molar-refractivity contribution is 0.0673. The molecule has 0 bridgehead atoms. The molecule has 0 spiro atoms. The molecule has 4 heteroatoms. The molecule has 0 unspecified atom stereocenters. The summed E-state index contributed by atoms with van der Waals surface area (Å²) < 4.78 is 1.35. The first-order valence-electron chi connectivity index (χ1n) is 8.88. The van der Waals surface area contributed by atoms with Crippen LogP contribution in [0.15, 0.2) is 48.0 Å². The van der Waals surface area contributed by atoms with Crippen molar-refractivity contribution in [1.82, 2.24) is 9.88 Å². The second kappa shape index (κ2) is 6.96. The number of rotatable bonds is 3. The lowest BCUT2D eigenvalue weighted by Gasteiger charge is -2.33. The summed E-state index contributed by atoms with van der Waals surface area (Å²) >= 11 is 1.82. The van der Waals surface area contributed by atoms with Crippen LogP contribution in [0.2, 0.25) is 0 Å². The van der Waals surface area contributed by atoms with Gasteiger partial charge in [-0.1, -0.05) is 18.2 Å². The molecule has 0 saturated carbocycles. The van der Waals surface area contributed by atoms with Crippen LogP contribution in [0.1, 0.15) is 34.5 Å². The maximum Gasteiger partial charge on any atom is 0.255 e. The number of piperidine rings is 1. The number of nitrogens with zero attached hydrogens (tertiary/aromatic N) is 2. The lowest BCUT2D eigenvalue weighted by atomic mass is 9.91. The van der Waals surface area contributed by atoms with Crippen molar-refractivity contribution in [2.45, 2.75) is 26.2 Å². The second-order valence-corrected chi connectivity index (χ2v) is 7.82. The Bertz CT molecular complexity index is 884. The highest BCUT2D eigenvalue weighted by atomic mass is 32.1. The van der Waals surface area contributed by atoms with E-state index in [0.717, 1.165) is 31.6 Å². The normalized spacial score (nSPS) is 17.8. The van der Waals surface area contributed by atoms with Gasteiger partial charge in [0, 0.05) is 29.7 Å². The third-order valence-corrected chi connectivity index (χ3v) is 6.05. The number of carbonyl (C=O) groups is 1. The SMILES string of the molecule is Cc1ccc(C(=O)N2CCC[C@H](Cc3csc4ccccc34)C2)cn1. The molecule has 3 aromatic rings. The molecular weight excluding hydrogens is 328 g/mol. The summed E-state index contributed by atoms with van der Waals surface area (Å²) in [6, 6.07) is 12.4. The molecule has 1 atom stereocenters. The number of benzene rings is 1. The van der Waals surface area contributed by atoms with Crippen LogP contribution in [0.3, 0.4) is 0 Å². The summed E-state index contributed by atoms with van der Waals surface area (Å²) in [4.78, 5) is 19.0. The molecule has 0 aliphatic carbocycles. The summed E-state index contributed by atoms with van der Waals surface area (Å²) in [5, 5.41) is 3.66. The molecule has 1 aliphatic heterocycles. The number of thiophene rings is 1. The third-order valence-electron chi connectivity index (χ3n) is 5.03. The Morgan fingerprint density at radius 1 is 1.28 bits per heavy atom. The highest BCUT2D eigenvalue weighted by Gasteiger charge is 2.25. The van der Waals surface area contributed by atoms with Crippen molar-refractivity contribution < 1.29 is 4.79 Å². The topological polar surface area (TPSA) is 33.2 Å². The first-order valence-corrected chi connectivity index (χ1v) is 9.76. The number of hydrogen-bond acceptors (Lipinski definition) is 3. The summed E-state index contributed by atoms with van der Waals surface area (Å²) in [5.41, 5.74) is 3.07. The average Bonchev–Trinajstić information content (AvgIpc) is 3.05. The number of pyridine rings is 1. The molecular formula is C21H22N2OS. The van der Waals surface area contributed by atoms with E-state index in [9.17, 15) is 4.79 Å². The van der Waals surface area contributed by atoms with E-state index in [2.05, 4.69) is 34.6 Å². The molecule has 0 radical (unpaired) electrons. The van der Waals surface area contributed by atoms with Crippen LogP contribution in [0.25, 0.3) is 10.1 Å². The van der Waals surface area contributed by atoms with Gasteiger partial charge in [-0.25, -0.2) is 0 Å². The van der Waals surface area contributed by atoms with Crippen molar-refractivity contribution in [2.24, 2.45) is 5.92 Å². The zero-order chi connectivity index (χ0) is 17.2. The van der Waals surface area contributed by atoms with Gasteiger partial charge in [0.1, 0.15) is 0 Å². The van der Waals surface area contributed by atoms with E-state index in [1.165, 1.54) is 22.1 Å². The molecule has 1 aliphatic rings. The quantitative estimate of drug-likeness (QED) is 0.686. The molecule has 4 rings (SSSR count). The predicted octanol–water partition coefficient (Wildman–Crippen LogP) is 4.70. The summed E-state index contributed by atoms with van der Waals surface area (Å²) in [6.45, 7) is 3.64. The van der Waals surface area contributed by atoms with Crippen LogP contribution < -0.4 is 0 Å². The summed E-state index contributed by atoms with van der Waals surface area (Å²) in [7, 11) is 0. The molecule has 2 aromatic heterocycles. The Morgan fingerprint density at radius 3 is 3.00 bits per heavy atom. The van der Waals surface area contributed by atoms with Crippen LogP contribution >= 0.6 is 11.3 Å². The van der Waals surface area contributed by atoms with E-state index in [1.807, 2.05) is 35.3 Å². The molecule has 1 amide bonds. The Kier molecular flexibility index (Phi) is 4.53. The number of likely N-dealkylation sites (tertiary alicyclic amines) is 1. The highest BCUT2D eigenvalue weighted by Crippen LogP contribution is 2.30. The molecule has 3 heterocycles. The zero-order valence-corrected chi connectivity index (χ0v) is 15.3. The Balaban J connectivity index is 1.47. The fourth-order valence-electron chi connectivity index (χ4n) is 3.69. The van der Waals surface area contributed by atoms with Gasteiger partial charge in [0.05, 0.1) is 5.56 Å². The van der Waals surface area contributed by atoms with Crippen molar-refractivity contribution in [1.29, 1.82) is 0 Å². The van der Waals surface area contributed by atoms with Crippen molar-refractivity contribution in [2.75, 3.05) is 13.1 Å². The van der Waals surface area contributed by atoms with Gasteiger partial charge in [-0.15, -0.1) is 11.3 Å². The molecule has 1 fully saturated rings. The van der Waals surface area contributed by atoms with Crippen molar-refractivity contribution >= 4 is 27.3 Å². The van der Waals surface area contributed by atoms with Gasteiger partial charge in [0.25, 0.3) is 5.91 Å². The Morgan fingerprint density at radius 2 is 2.16 bits per heavy atom. The van der Waals surface area contributed by atoms with Crippen molar-refractivity contribution in [3.8, 4) is 0 Å². The van der Waals surface area contributed by atoms with Gasteiger partial charge in [-0.05, 0) is 66.6 Å². The fraction of sp³-hybridized carbons (Fsp3) is 0.333. The van der Waals surface area contributed by atoms with E-state index >= 15 is 0 Å². The van der Waals surface area contributed by atoms with Crippen LogP contribution in [0, 0.1) is 12.8 Å². The molecule has 1 saturated heterocycles. The van der Waals surface area contributed by atoms with E-state index < -0.39 is 0 Å². The van der Waals surface area contributed by atoms with E-state index in [4.69, 9.17) is 0 Å². The maximum atomic E-state index is 12.8. The third kappa shape index (κ3) is 3.45. The molecule has 128 valence electrons. The Hall–Kier alpha value is -2.20. The molecule has 25 heavy (non-hydrogen) atoms. The number of aromatic nitrogens is 1. The molecule has 1 aromatic carbocycles. The van der Waals surface area contributed by atoms with Gasteiger partial charge >= 0.3 is 0 Å².